The van der Waals surface area contributed by atoms with Gasteiger partial charge in [-0.2, -0.15) is 0 Å². The lowest BCUT2D eigenvalue weighted by Crippen LogP contribution is -2.35. The SMILES string of the molecule is NS(=O)(=O)c1ccc(NN2CCCCC2)c([N+](=O)[O-])c1. The Hall–Kier alpha value is -1.71. The molecule has 1 aromatic rings. The first-order chi connectivity index (χ1) is 9.38. The van der Waals surface area contributed by atoms with Crippen LogP contribution < -0.4 is 10.6 Å². The van der Waals surface area contributed by atoms with E-state index in [0.717, 1.165) is 38.4 Å². The number of rotatable bonds is 4. The predicted octanol–water partition coefficient (Wildman–Crippen LogP) is 1.06. The smallest absolute Gasteiger partial charge is 0.295 e. The molecule has 0 aliphatic carbocycles. The van der Waals surface area contributed by atoms with Crippen LogP contribution in [-0.2, 0) is 10.0 Å². The highest BCUT2D eigenvalue weighted by molar-refractivity contribution is 7.89. The van der Waals surface area contributed by atoms with Crippen LogP contribution in [0.3, 0.4) is 0 Å². The van der Waals surface area contributed by atoms with Crippen LogP contribution in [0.25, 0.3) is 0 Å². The summed E-state index contributed by atoms with van der Waals surface area (Å²) in [5, 5.41) is 17.9. The van der Waals surface area contributed by atoms with Gasteiger partial charge in [0.05, 0.1) is 9.82 Å². The normalized spacial score (nSPS) is 16.9. The molecule has 0 aromatic heterocycles. The molecular formula is C11H16N4O4S. The second-order valence-corrected chi connectivity index (χ2v) is 6.20. The minimum absolute atomic E-state index is 0.268. The number of benzene rings is 1. The molecule has 0 amide bonds. The molecule has 0 bridgehead atoms. The van der Waals surface area contributed by atoms with E-state index in [1.165, 1.54) is 12.1 Å². The lowest BCUT2D eigenvalue weighted by atomic mass is 10.2. The van der Waals surface area contributed by atoms with Crippen LogP contribution in [-0.4, -0.2) is 31.4 Å². The molecule has 1 saturated heterocycles. The maximum atomic E-state index is 11.2. The minimum Gasteiger partial charge on any atom is -0.313 e. The lowest BCUT2D eigenvalue weighted by molar-refractivity contribution is -0.384. The number of nitro groups is 1. The van der Waals surface area contributed by atoms with Gasteiger partial charge in [0.25, 0.3) is 5.69 Å². The third-order valence-electron chi connectivity index (χ3n) is 3.13. The number of nitrogens with one attached hydrogen (secondary N) is 1. The average Bonchev–Trinajstić information content (AvgIpc) is 2.38. The highest BCUT2D eigenvalue weighted by atomic mass is 32.2. The van der Waals surface area contributed by atoms with E-state index in [1.54, 1.807) is 0 Å². The van der Waals surface area contributed by atoms with Gasteiger partial charge in [-0.1, -0.05) is 6.42 Å². The van der Waals surface area contributed by atoms with E-state index in [-0.39, 0.29) is 16.3 Å². The summed E-state index contributed by atoms with van der Waals surface area (Å²) in [6.45, 7) is 1.60. The molecule has 2 rings (SSSR count). The third-order valence-corrected chi connectivity index (χ3v) is 4.04. The van der Waals surface area contributed by atoms with Crippen molar-refractivity contribution in [3.05, 3.63) is 28.3 Å². The van der Waals surface area contributed by atoms with E-state index in [0.29, 0.717) is 0 Å². The Balaban J connectivity index is 2.30. The number of primary sulfonamides is 1. The van der Waals surface area contributed by atoms with Crippen molar-refractivity contribution in [2.75, 3.05) is 18.5 Å². The van der Waals surface area contributed by atoms with Gasteiger partial charge in [0.2, 0.25) is 10.0 Å². The topological polar surface area (TPSA) is 119 Å². The van der Waals surface area contributed by atoms with Crippen LogP contribution in [0.2, 0.25) is 0 Å². The van der Waals surface area contributed by atoms with Crippen LogP contribution >= 0.6 is 0 Å². The quantitative estimate of drug-likeness (QED) is 0.634. The molecule has 1 aliphatic rings. The number of sulfonamides is 1. The zero-order valence-electron chi connectivity index (χ0n) is 10.8. The second kappa shape index (κ2) is 5.73. The Morgan fingerprint density at radius 2 is 1.90 bits per heavy atom. The minimum atomic E-state index is -3.95. The summed E-state index contributed by atoms with van der Waals surface area (Å²) in [6.07, 6.45) is 3.19. The molecule has 1 aliphatic heterocycles. The van der Waals surface area contributed by atoms with Gasteiger partial charge in [-0.3, -0.25) is 10.1 Å². The van der Waals surface area contributed by atoms with Crippen molar-refractivity contribution < 1.29 is 13.3 Å². The zero-order valence-corrected chi connectivity index (χ0v) is 11.6. The Morgan fingerprint density at radius 3 is 2.45 bits per heavy atom. The highest BCUT2D eigenvalue weighted by Crippen LogP contribution is 2.28. The van der Waals surface area contributed by atoms with Crippen molar-refractivity contribution in [1.29, 1.82) is 0 Å². The number of nitrogens with zero attached hydrogens (tertiary/aromatic N) is 2. The molecule has 0 saturated carbocycles. The third kappa shape index (κ3) is 3.44. The monoisotopic (exact) mass is 300 g/mol. The van der Waals surface area contributed by atoms with Crippen molar-refractivity contribution in [2.24, 2.45) is 5.14 Å². The van der Waals surface area contributed by atoms with Crippen LogP contribution in [0.4, 0.5) is 11.4 Å². The summed E-state index contributed by atoms with van der Waals surface area (Å²) in [5.41, 5.74) is 2.93. The number of hydrogen-bond acceptors (Lipinski definition) is 6. The largest absolute Gasteiger partial charge is 0.313 e. The first-order valence-electron chi connectivity index (χ1n) is 6.21. The first kappa shape index (κ1) is 14.7. The van der Waals surface area contributed by atoms with Crippen molar-refractivity contribution in [1.82, 2.24) is 5.01 Å². The van der Waals surface area contributed by atoms with E-state index >= 15 is 0 Å². The fourth-order valence-electron chi connectivity index (χ4n) is 2.11. The number of nitro benzene ring substituents is 1. The van der Waals surface area contributed by atoms with Gasteiger partial charge < -0.3 is 5.43 Å². The summed E-state index contributed by atoms with van der Waals surface area (Å²) < 4.78 is 22.5. The predicted molar refractivity (Wildman–Crippen MR) is 73.5 cm³/mol. The first-order valence-corrected chi connectivity index (χ1v) is 7.75. The van der Waals surface area contributed by atoms with Crippen LogP contribution in [0.15, 0.2) is 23.1 Å². The Kier molecular flexibility index (Phi) is 4.21. The van der Waals surface area contributed by atoms with Crippen LogP contribution in [0.1, 0.15) is 19.3 Å². The van der Waals surface area contributed by atoms with E-state index < -0.39 is 14.9 Å². The fourth-order valence-corrected chi connectivity index (χ4v) is 2.64. The molecule has 1 aromatic carbocycles. The summed E-state index contributed by atoms with van der Waals surface area (Å²) in [7, 11) is -3.95. The van der Waals surface area contributed by atoms with E-state index in [2.05, 4.69) is 5.43 Å². The number of hydrazine groups is 1. The average molecular weight is 300 g/mol. The molecule has 9 heteroatoms. The Morgan fingerprint density at radius 1 is 1.25 bits per heavy atom. The molecular weight excluding hydrogens is 284 g/mol. The van der Waals surface area contributed by atoms with Gasteiger partial charge in [0.15, 0.2) is 0 Å². The molecule has 20 heavy (non-hydrogen) atoms. The molecule has 1 fully saturated rings. The number of anilines is 1. The maximum Gasteiger partial charge on any atom is 0.295 e. The summed E-state index contributed by atoms with van der Waals surface area (Å²) >= 11 is 0. The van der Waals surface area contributed by atoms with E-state index in [1.807, 2.05) is 5.01 Å². The summed E-state index contributed by atoms with van der Waals surface area (Å²) in [6, 6.07) is 3.60. The molecule has 0 spiro atoms. The summed E-state index contributed by atoms with van der Waals surface area (Å²) in [5.74, 6) is 0. The maximum absolute atomic E-state index is 11.2. The molecule has 110 valence electrons. The van der Waals surface area contributed by atoms with Crippen molar-refractivity contribution in [2.45, 2.75) is 24.2 Å². The fraction of sp³-hybridized carbons (Fsp3) is 0.455. The van der Waals surface area contributed by atoms with Crippen molar-refractivity contribution >= 4 is 21.4 Å². The lowest BCUT2D eigenvalue weighted by Gasteiger charge is -2.27. The standard InChI is InChI=1S/C11H16N4O4S/c12-20(18,19)9-4-5-10(11(8-9)15(16)17)13-14-6-2-1-3-7-14/h4-5,8,13H,1-3,6-7H2,(H2,12,18,19). The van der Waals surface area contributed by atoms with Crippen molar-refractivity contribution in [3.8, 4) is 0 Å². The Labute approximate surface area is 116 Å². The molecule has 8 nitrogen and oxygen atoms in total. The number of nitrogens with two attached hydrogens (primary N) is 1. The molecule has 0 atom stereocenters. The molecule has 3 N–H and O–H groups in total. The van der Waals surface area contributed by atoms with Gasteiger partial charge in [0.1, 0.15) is 5.69 Å². The van der Waals surface area contributed by atoms with Gasteiger partial charge in [0, 0.05) is 19.2 Å². The number of hydrogen-bond donors (Lipinski definition) is 2. The molecule has 1 heterocycles. The Bertz CT molecular complexity index is 611. The highest BCUT2D eigenvalue weighted by Gasteiger charge is 2.21. The van der Waals surface area contributed by atoms with Crippen LogP contribution in [0, 0.1) is 10.1 Å². The second-order valence-electron chi connectivity index (χ2n) is 4.64. The molecule has 0 radical (unpaired) electrons. The van der Waals surface area contributed by atoms with E-state index in [9.17, 15) is 18.5 Å². The zero-order chi connectivity index (χ0) is 14.8. The summed E-state index contributed by atoms with van der Waals surface area (Å²) in [4.78, 5) is 10.2. The van der Waals surface area contributed by atoms with Gasteiger partial charge in [-0.25, -0.2) is 18.6 Å². The molecule has 0 unspecified atom stereocenters. The number of piperidine rings is 1. The van der Waals surface area contributed by atoms with Crippen molar-refractivity contribution in [3.63, 3.8) is 0 Å². The van der Waals surface area contributed by atoms with Gasteiger partial charge in [-0.15, -0.1) is 0 Å². The van der Waals surface area contributed by atoms with Gasteiger partial charge >= 0.3 is 0 Å². The van der Waals surface area contributed by atoms with E-state index in [4.69, 9.17) is 5.14 Å². The van der Waals surface area contributed by atoms with Gasteiger partial charge in [-0.05, 0) is 25.0 Å². The van der Waals surface area contributed by atoms with Crippen LogP contribution in [0.5, 0.6) is 0 Å².